The zero-order chi connectivity index (χ0) is 9.68. The van der Waals surface area contributed by atoms with Crippen LogP contribution >= 0.6 is 11.8 Å². The minimum atomic E-state index is 0. The number of rotatable bonds is 2. The number of nitrogens with zero attached hydrogens (tertiary/aromatic N) is 1. The molecule has 0 amide bonds. The summed E-state index contributed by atoms with van der Waals surface area (Å²) in [6.07, 6.45) is 0. The molecular formula is C9H9BrN3S-. The lowest BCUT2D eigenvalue weighted by molar-refractivity contribution is -0.00000320. The Morgan fingerprint density at radius 3 is 2.43 bits per heavy atom. The van der Waals surface area contributed by atoms with Crippen molar-refractivity contribution in [3.8, 4) is 6.07 Å². The summed E-state index contributed by atoms with van der Waals surface area (Å²) in [7, 11) is 0. The molecule has 0 fully saturated rings. The first-order chi connectivity index (χ1) is 6.22. The molecule has 0 heterocycles. The topological polar surface area (TPSA) is 73.7 Å². The van der Waals surface area contributed by atoms with Crippen molar-refractivity contribution in [2.45, 2.75) is 5.75 Å². The van der Waals surface area contributed by atoms with Gasteiger partial charge in [0.1, 0.15) is 0 Å². The van der Waals surface area contributed by atoms with Gasteiger partial charge in [-0.15, -0.1) is 0 Å². The fraction of sp³-hybridized carbons (Fsp3) is 0.111. The number of benzene rings is 1. The van der Waals surface area contributed by atoms with Crippen molar-refractivity contribution in [1.29, 1.82) is 10.7 Å². The zero-order valence-electron chi connectivity index (χ0n) is 7.33. The van der Waals surface area contributed by atoms with Gasteiger partial charge in [0, 0.05) is 5.75 Å². The summed E-state index contributed by atoms with van der Waals surface area (Å²) in [6.45, 7) is 0. The van der Waals surface area contributed by atoms with Gasteiger partial charge in [-0.25, -0.2) is 0 Å². The summed E-state index contributed by atoms with van der Waals surface area (Å²) in [4.78, 5) is 0. The molecule has 14 heavy (non-hydrogen) atoms. The van der Waals surface area contributed by atoms with E-state index >= 15 is 0 Å². The predicted molar refractivity (Wildman–Crippen MR) is 54.4 cm³/mol. The average molecular weight is 271 g/mol. The Bertz CT molecular complexity index is 342. The molecule has 1 aromatic carbocycles. The first-order valence-electron chi connectivity index (χ1n) is 3.68. The minimum absolute atomic E-state index is 0. The Balaban J connectivity index is 0.00000169. The van der Waals surface area contributed by atoms with Gasteiger partial charge in [0.15, 0.2) is 5.17 Å². The van der Waals surface area contributed by atoms with E-state index in [1.807, 2.05) is 18.2 Å². The Labute approximate surface area is 97.6 Å². The lowest BCUT2D eigenvalue weighted by Gasteiger charge is -1.98. The van der Waals surface area contributed by atoms with Crippen LogP contribution in [0, 0.1) is 16.7 Å². The quantitative estimate of drug-likeness (QED) is 0.518. The molecule has 0 aliphatic heterocycles. The van der Waals surface area contributed by atoms with Gasteiger partial charge in [-0.2, -0.15) is 5.26 Å². The van der Waals surface area contributed by atoms with Crippen molar-refractivity contribution >= 4 is 16.9 Å². The fourth-order valence-electron chi connectivity index (χ4n) is 0.837. The Hall–Kier alpha value is -0.990. The largest absolute Gasteiger partial charge is 1.00 e. The van der Waals surface area contributed by atoms with Crippen LogP contribution in [0.15, 0.2) is 24.3 Å². The first kappa shape index (κ1) is 13.0. The van der Waals surface area contributed by atoms with Crippen molar-refractivity contribution in [2.75, 3.05) is 0 Å². The summed E-state index contributed by atoms with van der Waals surface area (Å²) in [6, 6.07) is 9.30. The molecule has 0 aromatic heterocycles. The molecule has 0 unspecified atom stereocenters. The van der Waals surface area contributed by atoms with Gasteiger partial charge in [-0.3, -0.25) is 5.41 Å². The molecule has 0 spiro atoms. The van der Waals surface area contributed by atoms with Crippen LogP contribution in [0.25, 0.3) is 0 Å². The van der Waals surface area contributed by atoms with Gasteiger partial charge in [0.25, 0.3) is 0 Å². The van der Waals surface area contributed by atoms with Crippen molar-refractivity contribution < 1.29 is 17.0 Å². The average Bonchev–Trinajstić information content (AvgIpc) is 2.15. The third-order valence-corrected chi connectivity index (χ3v) is 2.27. The highest BCUT2D eigenvalue weighted by atomic mass is 79.9. The Morgan fingerprint density at radius 2 is 2.00 bits per heavy atom. The third-order valence-electron chi connectivity index (χ3n) is 1.48. The van der Waals surface area contributed by atoms with E-state index < -0.39 is 0 Å². The predicted octanol–water partition coefficient (Wildman–Crippen LogP) is -1.31. The highest BCUT2D eigenvalue weighted by molar-refractivity contribution is 8.13. The molecule has 1 rings (SSSR count). The normalized spacial score (nSPS) is 8.50. The van der Waals surface area contributed by atoms with E-state index in [-0.39, 0.29) is 22.1 Å². The molecule has 3 N–H and O–H groups in total. The third kappa shape index (κ3) is 4.30. The van der Waals surface area contributed by atoms with E-state index in [1.54, 1.807) is 12.1 Å². The molecule has 0 atom stereocenters. The second kappa shape index (κ2) is 6.46. The molecule has 0 saturated heterocycles. The molecule has 1 aromatic rings. The molecule has 0 aliphatic carbocycles. The van der Waals surface area contributed by atoms with E-state index in [9.17, 15) is 0 Å². The smallest absolute Gasteiger partial charge is 0.151 e. The van der Waals surface area contributed by atoms with E-state index in [0.29, 0.717) is 11.3 Å². The summed E-state index contributed by atoms with van der Waals surface area (Å²) in [5, 5.41) is 15.7. The Morgan fingerprint density at radius 1 is 1.43 bits per heavy atom. The summed E-state index contributed by atoms with van der Waals surface area (Å²) >= 11 is 1.28. The standard InChI is InChI=1S/C9H9N3S.BrH/c10-5-7-1-3-8(4-2-7)6-13-9(11)12;/h1-4H,6H2,(H3,11,12);1H/p-1. The number of hydrogen-bond donors (Lipinski definition) is 2. The summed E-state index contributed by atoms with van der Waals surface area (Å²) in [5.74, 6) is 0.682. The lowest BCUT2D eigenvalue weighted by Crippen LogP contribution is -3.00. The first-order valence-corrected chi connectivity index (χ1v) is 4.67. The number of nitriles is 1. The second-order valence-corrected chi connectivity index (χ2v) is 3.48. The van der Waals surface area contributed by atoms with Crippen LogP contribution in [-0.2, 0) is 5.75 Å². The number of hydrogen-bond acceptors (Lipinski definition) is 3. The fourth-order valence-corrected chi connectivity index (χ4v) is 1.35. The molecule has 0 saturated carbocycles. The molecule has 0 bridgehead atoms. The highest BCUT2D eigenvalue weighted by Gasteiger charge is 1.95. The molecule has 3 nitrogen and oxygen atoms in total. The number of thioether (sulfide) groups is 1. The van der Waals surface area contributed by atoms with Crippen LogP contribution in [0.4, 0.5) is 0 Å². The molecule has 5 heteroatoms. The number of nitrogens with two attached hydrogens (primary N) is 1. The molecule has 0 aliphatic rings. The highest BCUT2D eigenvalue weighted by Crippen LogP contribution is 2.11. The second-order valence-electron chi connectivity index (χ2n) is 2.46. The molecule has 74 valence electrons. The number of nitrogens with one attached hydrogen (secondary N) is 1. The number of halogens is 1. The van der Waals surface area contributed by atoms with E-state index in [0.717, 1.165) is 5.56 Å². The van der Waals surface area contributed by atoms with Gasteiger partial charge >= 0.3 is 0 Å². The lowest BCUT2D eigenvalue weighted by atomic mass is 10.2. The SMILES string of the molecule is N#Cc1ccc(CSC(=N)N)cc1.[Br-]. The van der Waals surface area contributed by atoms with Crippen LogP contribution in [0.5, 0.6) is 0 Å². The summed E-state index contributed by atoms with van der Waals surface area (Å²) in [5.41, 5.74) is 6.91. The molecular weight excluding hydrogens is 262 g/mol. The molecule has 0 radical (unpaired) electrons. The van der Waals surface area contributed by atoms with Crippen molar-refractivity contribution in [2.24, 2.45) is 5.73 Å². The maximum absolute atomic E-state index is 8.54. The maximum atomic E-state index is 8.54. The van der Waals surface area contributed by atoms with Crippen molar-refractivity contribution in [3.05, 3.63) is 35.4 Å². The van der Waals surface area contributed by atoms with Crippen LogP contribution in [0.1, 0.15) is 11.1 Å². The monoisotopic (exact) mass is 270 g/mol. The van der Waals surface area contributed by atoms with Crippen molar-refractivity contribution in [3.63, 3.8) is 0 Å². The van der Waals surface area contributed by atoms with E-state index in [4.69, 9.17) is 16.4 Å². The van der Waals surface area contributed by atoms with Gasteiger partial charge in [-0.05, 0) is 17.7 Å². The van der Waals surface area contributed by atoms with Crippen LogP contribution < -0.4 is 22.7 Å². The van der Waals surface area contributed by atoms with Crippen molar-refractivity contribution in [1.82, 2.24) is 0 Å². The Kier molecular flexibility index (Phi) is 6.00. The minimum Gasteiger partial charge on any atom is -1.00 e. The van der Waals surface area contributed by atoms with Gasteiger partial charge in [-0.1, -0.05) is 23.9 Å². The zero-order valence-corrected chi connectivity index (χ0v) is 9.73. The maximum Gasteiger partial charge on any atom is 0.151 e. The van der Waals surface area contributed by atoms with Crippen LogP contribution in [0.2, 0.25) is 0 Å². The van der Waals surface area contributed by atoms with Crippen LogP contribution in [0.3, 0.4) is 0 Å². The van der Waals surface area contributed by atoms with E-state index in [1.165, 1.54) is 11.8 Å². The number of amidine groups is 1. The van der Waals surface area contributed by atoms with Gasteiger partial charge in [0.2, 0.25) is 0 Å². The van der Waals surface area contributed by atoms with Gasteiger partial charge in [0.05, 0.1) is 11.6 Å². The summed E-state index contributed by atoms with van der Waals surface area (Å²) < 4.78 is 0. The van der Waals surface area contributed by atoms with Crippen LogP contribution in [-0.4, -0.2) is 5.17 Å². The van der Waals surface area contributed by atoms with Gasteiger partial charge < -0.3 is 22.7 Å². The van der Waals surface area contributed by atoms with E-state index in [2.05, 4.69) is 0 Å².